The van der Waals surface area contributed by atoms with Gasteiger partial charge in [0, 0.05) is 26.4 Å². The summed E-state index contributed by atoms with van der Waals surface area (Å²) in [4.78, 5) is 18.0. The minimum absolute atomic E-state index is 0.283. The van der Waals surface area contributed by atoms with Crippen LogP contribution in [0.5, 0.6) is 0 Å². The van der Waals surface area contributed by atoms with E-state index in [2.05, 4.69) is 10.3 Å². The van der Waals surface area contributed by atoms with Gasteiger partial charge in [0.15, 0.2) is 0 Å². The van der Waals surface area contributed by atoms with Crippen LogP contribution >= 0.6 is 57.5 Å². The van der Waals surface area contributed by atoms with Crippen molar-refractivity contribution in [2.75, 3.05) is 5.32 Å². The Bertz CT molecular complexity index is 1410. The molecule has 0 atom stereocenters. The Morgan fingerprint density at radius 3 is 2.57 bits per heavy atom. The van der Waals surface area contributed by atoms with Crippen molar-refractivity contribution in [1.82, 2.24) is 4.98 Å². The highest BCUT2D eigenvalue weighted by molar-refractivity contribution is 7.22. The van der Waals surface area contributed by atoms with Gasteiger partial charge in [0.05, 0.1) is 20.3 Å². The zero-order chi connectivity index (χ0) is 20.8. The molecule has 0 spiro atoms. The predicted octanol–water partition coefficient (Wildman–Crippen LogP) is 8.39. The fourth-order valence-electron chi connectivity index (χ4n) is 3.13. The van der Waals surface area contributed by atoms with Crippen LogP contribution in [0, 0.1) is 0 Å². The third kappa shape index (κ3) is 3.57. The number of thiazole rings is 1. The number of rotatable bonds is 3. The van der Waals surface area contributed by atoms with Crippen molar-refractivity contribution in [1.29, 1.82) is 0 Å². The average molecular weight is 490 g/mol. The molecule has 1 amide bonds. The second-order valence-electron chi connectivity index (χ2n) is 6.52. The highest BCUT2D eigenvalue weighted by Gasteiger charge is 2.18. The molecule has 3 aromatic carbocycles. The van der Waals surface area contributed by atoms with E-state index in [9.17, 15) is 4.79 Å². The molecule has 0 aliphatic heterocycles. The normalized spacial score (nSPS) is 11.3. The number of amides is 1. The van der Waals surface area contributed by atoms with Crippen LogP contribution in [0.15, 0.2) is 60.7 Å². The second kappa shape index (κ2) is 7.84. The molecular formula is C22H11Cl3N2OS2. The monoisotopic (exact) mass is 488 g/mol. The third-order valence-corrected chi connectivity index (χ3v) is 7.84. The Kier molecular flexibility index (Phi) is 5.17. The summed E-state index contributed by atoms with van der Waals surface area (Å²) in [6.07, 6.45) is 0. The number of carbonyl (C=O) groups is 1. The number of aromatic nitrogens is 1. The van der Waals surface area contributed by atoms with E-state index in [4.69, 9.17) is 34.8 Å². The molecule has 0 saturated carbocycles. The van der Waals surface area contributed by atoms with Crippen molar-refractivity contribution in [2.24, 2.45) is 0 Å². The number of hydrogen-bond acceptors (Lipinski definition) is 4. The first kappa shape index (κ1) is 19.8. The lowest BCUT2D eigenvalue weighted by molar-refractivity contribution is 0.103. The summed E-state index contributed by atoms with van der Waals surface area (Å²) in [5.41, 5.74) is 2.30. The number of carbonyl (C=O) groups excluding carboxylic acids is 1. The molecule has 3 nitrogen and oxygen atoms in total. The molecule has 0 aliphatic rings. The van der Waals surface area contributed by atoms with Gasteiger partial charge in [-0.25, -0.2) is 4.98 Å². The van der Waals surface area contributed by atoms with Crippen LogP contribution in [0.25, 0.3) is 30.9 Å². The number of thiophene rings is 1. The van der Waals surface area contributed by atoms with Crippen LogP contribution in [0.4, 0.5) is 5.69 Å². The molecule has 8 heteroatoms. The first-order valence-corrected chi connectivity index (χ1v) is 11.6. The molecule has 5 rings (SSSR count). The molecule has 5 aromatic rings. The van der Waals surface area contributed by atoms with Gasteiger partial charge in [-0.1, -0.05) is 53.0 Å². The molecule has 1 N–H and O–H groups in total. The minimum Gasteiger partial charge on any atom is -0.321 e. The summed E-state index contributed by atoms with van der Waals surface area (Å²) < 4.78 is 1.94. The topological polar surface area (TPSA) is 42.0 Å². The Balaban J connectivity index is 1.49. The maximum absolute atomic E-state index is 12.9. The lowest BCUT2D eigenvalue weighted by Gasteiger charge is -2.07. The van der Waals surface area contributed by atoms with E-state index in [-0.39, 0.29) is 5.91 Å². The van der Waals surface area contributed by atoms with Crippen molar-refractivity contribution >= 4 is 89.4 Å². The maximum atomic E-state index is 12.9. The van der Waals surface area contributed by atoms with Crippen molar-refractivity contribution in [3.8, 4) is 10.6 Å². The molecule has 2 heterocycles. The van der Waals surface area contributed by atoms with Crippen molar-refractivity contribution in [3.05, 3.63) is 80.6 Å². The number of halogens is 3. The number of hydrogen-bond donors (Lipinski definition) is 1. The van der Waals surface area contributed by atoms with E-state index < -0.39 is 0 Å². The number of nitrogens with one attached hydrogen (secondary N) is 1. The summed E-state index contributed by atoms with van der Waals surface area (Å²) in [5, 5.41) is 6.12. The van der Waals surface area contributed by atoms with Gasteiger partial charge < -0.3 is 5.32 Å². The summed E-state index contributed by atoms with van der Waals surface area (Å²) in [6, 6.07) is 18.6. The molecule has 0 radical (unpaired) electrons. The van der Waals surface area contributed by atoms with Gasteiger partial charge in [-0.05, 0) is 42.5 Å². The molecular weight excluding hydrogens is 479 g/mol. The standard InChI is InChI=1S/C22H11Cl3N2OS2/c23-11-5-7-13-18(9-11)29-20(19(13)25)21(28)26-12-6-8-15(24)14(10-12)22-27-16-3-1-2-4-17(16)30-22/h1-10H,(H,26,28). The summed E-state index contributed by atoms with van der Waals surface area (Å²) in [6.45, 7) is 0. The molecule has 0 aliphatic carbocycles. The third-order valence-electron chi connectivity index (χ3n) is 4.55. The van der Waals surface area contributed by atoms with Gasteiger partial charge in [0.2, 0.25) is 0 Å². The van der Waals surface area contributed by atoms with Crippen LogP contribution in [0.1, 0.15) is 9.67 Å². The van der Waals surface area contributed by atoms with Crippen LogP contribution in [-0.4, -0.2) is 10.9 Å². The Morgan fingerprint density at radius 1 is 0.900 bits per heavy atom. The number of nitrogens with zero attached hydrogens (tertiary/aromatic N) is 1. The zero-order valence-electron chi connectivity index (χ0n) is 15.1. The fourth-order valence-corrected chi connectivity index (χ4v) is 6.07. The number of benzene rings is 3. The molecule has 30 heavy (non-hydrogen) atoms. The van der Waals surface area contributed by atoms with Crippen molar-refractivity contribution < 1.29 is 4.79 Å². The molecule has 148 valence electrons. The summed E-state index contributed by atoms with van der Waals surface area (Å²) >= 11 is 21.8. The van der Waals surface area contributed by atoms with Crippen molar-refractivity contribution in [3.63, 3.8) is 0 Å². The fraction of sp³-hybridized carbons (Fsp3) is 0. The smallest absolute Gasteiger partial charge is 0.267 e. The minimum atomic E-state index is -0.283. The van der Waals surface area contributed by atoms with E-state index in [1.807, 2.05) is 36.4 Å². The molecule has 0 bridgehead atoms. The number of anilines is 1. The van der Waals surface area contributed by atoms with Crippen LogP contribution in [0.2, 0.25) is 15.1 Å². The predicted molar refractivity (Wildman–Crippen MR) is 130 cm³/mol. The van der Waals surface area contributed by atoms with Crippen LogP contribution in [-0.2, 0) is 0 Å². The van der Waals surface area contributed by atoms with Gasteiger partial charge >= 0.3 is 0 Å². The summed E-state index contributed by atoms with van der Waals surface area (Å²) in [5.74, 6) is -0.283. The number of fused-ring (bicyclic) bond motifs is 2. The molecule has 0 saturated heterocycles. The van der Waals surface area contributed by atoms with Gasteiger partial charge in [0.1, 0.15) is 9.88 Å². The van der Waals surface area contributed by atoms with E-state index in [0.29, 0.717) is 25.6 Å². The second-order valence-corrected chi connectivity index (χ2v) is 9.83. The molecule has 2 aromatic heterocycles. The lowest BCUT2D eigenvalue weighted by atomic mass is 10.2. The van der Waals surface area contributed by atoms with E-state index in [1.54, 1.807) is 35.6 Å². The Hall–Kier alpha value is -2.15. The Labute approximate surface area is 194 Å². The first-order chi connectivity index (χ1) is 14.5. The van der Waals surface area contributed by atoms with Crippen molar-refractivity contribution in [2.45, 2.75) is 0 Å². The molecule has 0 unspecified atom stereocenters. The van der Waals surface area contributed by atoms with Gasteiger partial charge in [-0.2, -0.15) is 0 Å². The van der Waals surface area contributed by atoms with Gasteiger partial charge in [-0.3, -0.25) is 4.79 Å². The van der Waals surface area contributed by atoms with Crippen LogP contribution in [0.3, 0.4) is 0 Å². The Morgan fingerprint density at radius 2 is 1.73 bits per heavy atom. The van der Waals surface area contributed by atoms with E-state index in [1.165, 1.54) is 11.3 Å². The first-order valence-electron chi connectivity index (χ1n) is 8.84. The SMILES string of the molecule is O=C(Nc1ccc(Cl)c(-c2nc3ccccc3s2)c1)c1sc2cc(Cl)ccc2c1Cl. The van der Waals surface area contributed by atoms with Crippen LogP contribution < -0.4 is 5.32 Å². The lowest BCUT2D eigenvalue weighted by Crippen LogP contribution is -2.10. The highest BCUT2D eigenvalue weighted by Crippen LogP contribution is 2.38. The van der Waals surface area contributed by atoms with E-state index in [0.717, 1.165) is 30.9 Å². The largest absolute Gasteiger partial charge is 0.321 e. The zero-order valence-corrected chi connectivity index (χ0v) is 19.0. The summed E-state index contributed by atoms with van der Waals surface area (Å²) in [7, 11) is 0. The van der Waals surface area contributed by atoms with E-state index >= 15 is 0 Å². The molecule has 0 fully saturated rings. The highest BCUT2D eigenvalue weighted by atomic mass is 35.5. The number of para-hydroxylation sites is 1. The quantitative estimate of drug-likeness (QED) is 0.276. The van der Waals surface area contributed by atoms with Gasteiger partial charge in [0.25, 0.3) is 5.91 Å². The maximum Gasteiger partial charge on any atom is 0.267 e. The van der Waals surface area contributed by atoms with Gasteiger partial charge in [-0.15, -0.1) is 22.7 Å². The average Bonchev–Trinajstić information content (AvgIpc) is 3.30.